The smallest absolute Gasteiger partial charge is 0.329 e. The molecule has 5 atom stereocenters. The van der Waals surface area contributed by atoms with Crippen LogP contribution < -0.4 is 10.2 Å². The van der Waals surface area contributed by atoms with E-state index >= 15 is 0 Å². The van der Waals surface area contributed by atoms with E-state index in [1.54, 1.807) is 54.5 Å². The number of nitrogens with one attached hydrogen (secondary N) is 1. The van der Waals surface area contributed by atoms with Gasteiger partial charge >= 0.3 is 7.60 Å². The Kier molecular flexibility index (Phi) is 9.45. The molecule has 0 saturated carbocycles. The summed E-state index contributed by atoms with van der Waals surface area (Å²) >= 11 is 1.22. The van der Waals surface area contributed by atoms with Gasteiger partial charge in [-0.05, 0) is 48.1 Å². The van der Waals surface area contributed by atoms with Crippen LogP contribution in [0.4, 0.5) is 5.69 Å². The van der Waals surface area contributed by atoms with Gasteiger partial charge in [0.05, 0.1) is 23.2 Å². The number of methoxy groups -OCH3 is 2. The first-order valence-corrected chi connectivity index (χ1v) is 18.2. The molecule has 2 unspecified atom stereocenters. The lowest BCUT2D eigenvalue weighted by Gasteiger charge is -2.43. The van der Waals surface area contributed by atoms with E-state index in [2.05, 4.69) is 10.3 Å². The van der Waals surface area contributed by atoms with Crippen LogP contribution in [0, 0.1) is 0 Å². The highest BCUT2D eigenvalue weighted by Gasteiger charge is 2.53. The van der Waals surface area contributed by atoms with Crippen molar-refractivity contribution in [1.82, 2.24) is 20.1 Å². The first kappa shape index (κ1) is 33.5. The number of benzene rings is 1. The lowest BCUT2D eigenvalue weighted by Crippen LogP contribution is -2.59. The summed E-state index contributed by atoms with van der Waals surface area (Å²) in [6.07, 6.45) is 3.45. The van der Waals surface area contributed by atoms with E-state index in [1.807, 2.05) is 31.3 Å². The number of carbonyl (C=O) groups excluding carboxylic acids is 3. The van der Waals surface area contributed by atoms with E-state index in [0.29, 0.717) is 41.8 Å². The minimum Gasteiger partial charge on any atom is -0.379 e. The molecular formula is C32H40N5O8PS. The average molecular weight is 686 g/mol. The van der Waals surface area contributed by atoms with Crippen molar-refractivity contribution in [2.75, 3.05) is 46.3 Å². The fourth-order valence-corrected chi connectivity index (χ4v) is 8.85. The Bertz CT molecular complexity index is 1720. The molecule has 2 aromatic heterocycles. The molecule has 0 aliphatic carbocycles. The predicted octanol–water partition coefficient (Wildman–Crippen LogP) is 2.56. The molecule has 252 valence electrons. The van der Waals surface area contributed by atoms with Gasteiger partial charge in [0.25, 0.3) is 5.91 Å². The van der Waals surface area contributed by atoms with Crippen molar-refractivity contribution < 1.29 is 38.2 Å². The van der Waals surface area contributed by atoms with Crippen molar-refractivity contribution in [2.45, 2.75) is 61.7 Å². The molecule has 3 N–H and O–H groups in total. The minimum atomic E-state index is -4.25. The number of amides is 3. The molecule has 1 aromatic carbocycles. The summed E-state index contributed by atoms with van der Waals surface area (Å²) in [7, 11) is 2.83. The van der Waals surface area contributed by atoms with Crippen LogP contribution in [-0.4, -0.2) is 114 Å². The van der Waals surface area contributed by atoms with Crippen LogP contribution in [0.3, 0.4) is 0 Å². The van der Waals surface area contributed by atoms with Crippen molar-refractivity contribution in [3.05, 3.63) is 58.7 Å². The molecule has 5 heterocycles. The zero-order valence-corrected chi connectivity index (χ0v) is 28.4. The molecule has 3 saturated heterocycles. The van der Waals surface area contributed by atoms with E-state index < -0.39 is 44.0 Å². The summed E-state index contributed by atoms with van der Waals surface area (Å²) in [5.74, 6) is -0.763. The Morgan fingerprint density at radius 3 is 2.57 bits per heavy atom. The second-order valence-corrected chi connectivity index (χ2v) is 15.4. The molecule has 15 heteroatoms. The van der Waals surface area contributed by atoms with E-state index in [-0.39, 0.29) is 30.2 Å². The molecule has 3 amide bonds. The summed E-state index contributed by atoms with van der Waals surface area (Å²) in [5, 5.41) is 3.58. The number of hydrogen-bond acceptors (Lipinski definition) is 9. The number of pyridine rings is 1. The third-order valence-corrected chi connectivity index (χ3v) is 11.4. The van der Waals surface area contributed by atoms with Crippen molar-refractivity contribution in [3.8, 4) is 0 Å². The zero-order chi connectivity index (χ0) is 33.6. The van der Waals surface area contributed by atoms with Gasteiger partial charge in [-0.3, -0.25) is 23.9 Å². The number of ether oxygens (including phenoxy) is 2. The SMILES string of the molecule is COC1C[C@H](NC(=O)c2cc3cc(CP(=O)(O)O)ccc3s2)C(=O)N2[C@H](CC[C@H]2C(=O)N2CC(c3cnccc3N(C)C)C2)C1OC. The summed E-state index contributed by atoms with van der Waals surface area (Å²) in [6.45, 7) is 1.07. The average Bonchev–Trinajstić information content (AvgIpc) is 3.61. The van der Waals surface area contributed by atoms with Gasteiger partial charge in [0, 0.05) is 82.1 Å². The largest absolute Gasteiger partial charge is 0.379 e. The first-order chi connectivity index (χ1) is 22.4. The molecule has 3 aliphatic rings. The number of carbonyl (C=O) groups is 3. The fourth-order valence-electron chi connectivity index (χ4n) is 7.23. The maximum Gasteiger partial charge on any atom is 0.329 e. The van der Waals surface area contributed by atoms with E-state index in [4.69, 9.17) is 9.47 Å². The first-order valence-electron chi connectivity index (χ1n) is 15.5. The Labute approximate surface area is 277 Å². The van der Waals surface area contributed by atoms with E-state index in [1.165, 1.54) is 11.3 Å². The number of rotatable bonds is 9. The van der Waals surface area contributed by atoms with Crippen LogP contribution in [0.5, 0.6) is 0 Å². The Balaban J connectivity index is 1.20. The molecule has 3 aromatic rings. The van der Waals surface area contributed by atoms with Gasteiger partial charge in [-0.2, -0.15) is 0 Å². The number of hydrogen-bond donors (Lipinski definition) is 3. The van der Waals surface area contributed by atoms with Gasteiger partial charge in [-0.15, -0.1) is 11.3 Å². The number of fused-ring (bicyclic) bond motifs is 2. The molecule has 6 rings (SSSR count). The highest BCUT2D eigenvalue weighted by Crippen LogP contribution is 2.41. The fraction of sp³-hybridized carbons (Fsp3) is 0.500. The van der Waals surface area contributed by atoms with Crippen LogP contribution in [0.25, 0.3) is 10.1 Å². The minimum absolute atomic E-state index is 0.112. The predicted molar refractivity (Wildman–Crippen MR) is 177 cm³/mol. The summed E-state index contributed by atoms with van der Waals surface area (Å²) < 4.78 is 23.9. The van der Waals surface area contributed by atoms with Crippen molar-refractivity contribution in [2.24, 2.45) is 0 Å². The number of thiophene rings is 1. The van der Waals surface area contributed by atoms with Crippen LogP contribution in [0.2, 0.25) is 0 Å². The lowest BCUT2D eigenvalue weighted by molar-refractivity contribution is -0.150. The zero-order valence-electron chi connectivity index (χ0n) is 26.7. The quantitative estimate of drug-likeness (QED) is 0.286. The van der Waals surface area contributed by atoms with Crippen LogP contribution >= 0.6 is 18.9 Å². The second kappa shape index (κ2) is 13.3. The van der Waals surface area contributed by atoms with Crippen LogP contribution in [0.15, 0.2) is 42.7 Å². The highest BCUT2D eigenvalue weighted by atomic mass is 32.1. The monoisotopic (exact) mass is 685 g/mol. The van der Waals surface area contributed by atoms with Gasteiger partial charge in [-0.25, -0.2) is 0 Å². The molecule has 3 fully saturated rings. The van der Waals surface area contributed by atoms with Crippen molar-refractivity contribution >= 4 is 52.4 Å². The van der Waals surface area contributed by atoms with Crippen LogP contribution in [-0.2, 0) is 29.8 Å². The standard InChI is InChI=1S/C32H40N5O8PS/c1-35(2)23-9-10-33-14-21(23)20-15-36(16-20)32(40)25-7-6-24-29(45-4)26(44-3)13-22(31(39)37(24)25)34-30(38)28-12-19-11-18(17-46(41,42)43)5-8-27(19)47-28/h5,8-12,14,20,22,24-26,29H,6-7,13,15-17H2,1-4H3,(H,34,38)(H2,41,42,43)/t22-,24+,25-,26?,29?/m0/s1. The summed E-state index contributed by atoms with van der Waals surface area (Å²) in [4.78, 5) is 70.6. The van der Waals surface area contributed by atoms with Gasteiger partial charge in [0.15, 0.2) is 0 Å². The molecule has 3 aliphatic heterocycles. The molecule has 0 radical (unpaired) electrons. The van der Waals surface area contributed by atoms with E-state index in [9.17, 15) is 28.7 Å². The van der Waals surface area contributed by atoms with Gasteiger partial charge in [0.1, 0.15) is 18.2 Å². The van der Waals surface area contributed by atoms with Gasteiger partial charge in [0.2, 0.25) is 11.8 Å². The number of anilines is 1. The Morgan fingerprint density at radius 1 is 1.13 bits per heavy atom. The van der Waals surface area contributed by atoms with Crippen molar-refractivity contribution in [3.63, 3.8) is 0 Å². The maximum atomic E-state index is 14.3. The summed E-state index contributed by atoms with van der Waals surface area (Å²) in [6, 6.07) is 6.60. The number of nitrogens with zero attached hydrogens (tertiary/aromatic N) is 4. The van der Waals surface area contributed by atoms with E-state index in [0.717, 1.165) is 16.0 Å². The third kappa shape index (κ3) is 6.67. The highest BCUT2D eigenvalue weighted by molar-refractivity contribution is 7.50. The van der Waals surface area contributed by atoms with Crippen LogP contribution in [0.1, 0.15) is 46.0 Å². The molecule has 0 spiro atoms. The number of aromatic nitrogens is 1. The Morgan fingerprint density at radius 2 is 1.89 bits per heavy atom. The molecule has 0 bridgehead atoms. The summed E-state index contributed by atoms with van der Waals surface area (Å²) in [5.41, 5.74) is 2.61. The maximum absolute atomic E-state index is 14.3. The molecule has 13 nitrogen and oxygen atoms in total. The van der Waals surface area contributed by atoms with Crippen molar-refractivity contribution in [1.29, 1.82) is 0 Å². The number of likely N-dealkylation sites (tertiary alicyclic amines) is 1. The normalized spacial score (nSPS) is 25.0. The topological polar surface area (TPSA) is 162 Å². The third-order valence-electron chi connectivity index (χ3n) is 9.50. The molecule has 47 heavy (non-hydrogen) atoms. The molecular weight excluding hydrogens is 645 g/mol. The van der Waals surface area contributed by atoms with Gasteiger partial charge in [-0.1, -0.05) is 6.07 Å². The lowest BCUT2D eigenvalue weighted by atomic mass is 9.90. The second-order valence-electron chi connectivity index (χ2n) is 12.7. The Hall–Kier alpha value is -3.39. The van der Waals surface area contributed by atoms with Gasteiger partial charge < -0.3 is 39.3 Å².